The highest BCUT2D eigenvalue weighted by molar-refractivity contribution is 7.80. The summed E-state index contributed by atoms with van der Waals surface area (Å²) in [5.41, 5.74) is -0.869. The molecular weight excluding hydrogens is 237 g/mol. The van der Waals surface area contributed by atoms with Crippen molar-refractivity contribution >= 4 is 25.0 Å². The average molecular weight is 246 g/mol. The van der Waals surface area contributed by atoms with Crippen molar-refractivity contribution in [1.82, 2.24) is 0 Å². The maximum atomic E-state index is 12.5. The molecule has 1 aromatic carbocycles. The van der Waals surface area contributed by atoms with Crippen molar-refractivity contribution in [3.05, 3.63) is 41.0 Å². The monoisotopic (exact) mass is 246 g/mol. The largest absolute Gasteiger partial charge is 0.417 e. The minimum atomic E-state index is -4.51. The zero-order chi connectivity index (χ0) is 12.2. The Morgan fingerprint density at radius 2 is 2.00 bits per heavy atom. The van der Waals surface area contributed by atoms with Gasteiger partial charge in [0.2, 0.25) is 0 Å². The molecule has 0 bridgehead atoms. The van der Waals surface area contributed by atoms with E-state index < -0.39 is 11.7 Å². The quantitative estimate of drug-likeness (QED) is 0.638. The van der Waals surface area contributed by atoms with Gasteiger partial charge in [0.1, 0.15) is 0 Å². The molecule has 86 valence electrons. The van der Waals surface area contributed by atoms with Gasteiger partial charge in [-0.15, -0.1) is 0 Å². The number of benzene rings is 1. The van der Waals surface area contributed by atoms with Crippen LogP contribution in [0.25, 0.3) is 6.08 Å². The van der Waals surface area contributed by atoms with Crippen LogP contribution in [-0.4, -0.2) is 12.0 Å². The van der Waals surface area contributed by atoms with Crippen LogP contribution in [0.5, 0.6) is 0 Å². The van der Waals surface area contributed by atoms with Gasteiger partial charge in [0.25, 0.3) is 0 Å². The molecule has 16 heavy (non-hydrogen) atoms. The second-order valence-corrected chi connectivity index (χ2v) is 3.41. The lowest BCUT2D eigenvalue weighted by Crippen LogP contribution is -2.09. The summed E-state index contributed by atoms with van der Waals surface area (Å²) in [6, 6.07) is 3.57. The summed E-state index contributed by atoms with van der Waals surface area (Å²) in [7, 11) is 0. The Balaban J connectivity index is 3.22. The number of hydrogen-bond acceptors (Lipinski definition) is 2. The summed E-state index contributed by atoms with van der Waals surface area (Å²) < 4.78 is 37.6. The lowest BCUT2D eigenvalue weighted by molar-refractivity contribution is -0.137. The van der Waals surface area contributed by atoms with E-state index in [4.69, 9.17) is 0 Å². The lowest BCUT2D eigenvalue weighted by atomic mass is 10.0. The topological polar surface area (TPSA) is 17.1 Å². The minimum Gasteiger partial charge on any atom is -0.298 e. The predicted octanol–water partition coefficient (Wildman–Crippen LogP) is 3.46. The molecule has 1 nitrogen and oxygen atoms in total. The molecule has 0 fully saturated rings. The van der Waals surface area contributed by atoms with Crippen LogP contribution in [0.3, 0.4) is 0 Å². The van der Waals surface area contributed by atoms with Gasteiger partial charge in [-0.2, -0.15) is 25.8 Å². The van der Waals surface area contributed by atoms with Crippen molar-refractivity contribution in [1.29, 1.82) is 0 Å². The number of thiol groups is 1. The molecule has 0 spiro atoms. The summed E-state index contributed by atoms with van der Waals surface area (Å²) in [5.74, 6) is 0.441. The average Bonchev–Trinajstić information content (AvgIpc) is 2.24. The Morgan fingerprint density at radius 1 is 1.31 bits per heavy atom. The summed E-state index contributed by atoms with van der Waals surface area (Å²) in [6.45, 7) is 0. The Kier molecular flexibility index (Phi) is 4.18. The highest BCUT2D eigenvalue weighted by Gasteiger charge is 2.33. The molecule has 0 saturated carbocycles. The Hall–Kier alpha value is -1.23. The van der Waals surface area contributed by atoms with E-state index >= 15 is 0 Å². The van der Waals surface area contributed by atoms with Crippen LogP contribution in [0.15, 0.2) is 24.3 Å². The summed E-state index contributed by atoms with van der Waals surface area (Å²) in [6.07, 6.45) is -1.16. The zero-order valence-corrected chi connectivity index (χ0v) is 9.05. The van der Waals surface area contributed by atoms with E-state index in [9.17, 15) is 18.0 Å². The summed E-state index contributed by atoms with van der Waals surface area (Å²) in [4.78, 5) is 10.5. The van der Waals surface area contributed by atoms with Gasteiger partial charge in [-0.3, -0.25) is 4.79 Å². The predicted molar refractivity (Wildman–Crippen MR) is 59.7 cm³/mol. The molecule has 0 radical (unpaired) electrons. The molecule has 0 aromatic heterocycles. The van der Waals surface area contributed by atoms with Crippen LogP contribution in [0.1, 0.15) is 21.5 Å². The standard InChI is InChI=1S/C11H9F3OS/c12-11(13,14)10-6-8(2-1-5-16)3-4-9(10)7-15/h1-4,6-7,16H,5H2. The number of carbonyl (C=O) groups excluding carboxylic acids is 1. The molecule has 0 amide bonds. The molecule has 1 aromatic rings. The molecule has 0 heterocycles. The first-order chi connectivity index (χ1) is 7.49. The number of aldehydes is 1. The highest BCUT2D eigenvalue weighted by atomic mass is 32.1. The van der Waals surface area contributed by atoms with Gasteiger partial charge in [0, 0.05) is 11.3 Å². The summed E-state index contributed by atoms with van der Waals surface area (Å²) >= 11 is 3.91. The number of carbonyl (C=O) groups is 1. The molecule has 0 unspecified atom stereocenters. The first-order valence-corrected chi connectivity index (χ1v) is 5.06. The number of hydrogen-bond donors (Lipinski definition) is 1. The third-order valence-corrected chi connectivity index (χ3v) is 2.14. The van der Waals surface area contributed by atoms with Gasteiger partial charge >= 0.3 is 6.18 Å². The summed E-state index contributed by atoms with van der Waals surface area (Å²) in [5, 5.41) is 0. The second-order valence-electron chi connectivity index (χ2n) is 3.05. The molecule has 0 N–H and O–H groups in total. The molecule has 0 aliphatic heterocycles. The second kappa shape index (κ2) is 5.21. The first-order valence-electron chi connectivity index (χ1n) is 4.43. The maximum Gasteiger partial charge on any atom is 0.417 e. The fourth-order valence-electron chi connectivity index (χ4n) is 1.21. The van der Waals surface area contributed by atoms with Crippen molar-refractivity contribution in [2.75, 3.05) is 5.75 Å². The first kappa shape index (κ1) is 12.8. The maximum absolute atomic E-state index is 12.5. The van der Waals surface area contributed by atoms with E-state index in [2.05, 4.69) is 12.6 Å². The third-order valence-electron chi connectivity index (χ3n) is 1.93. The van der Waals surface area contributed by atoms with Gasteiger partial charge in [-0.1, -0.05) is 24.3 Å². The molecule has 0 saturated heterocycles. The van der Waals surface area contributed by atoms with Crippen LogP contribution in [0.4, 0.5) is 13.2 Å². The van der Waals surface area contributed by atoms with Gasteiger partial charge in [-0.25, -0.2) is 0 Å². The fraction of sp³-hybridized carbons (Fsp3) is 0.182. The molecular formula is C11H9F3OS. The lowest BCUT2D eigenvalue weighted by Gasteiger charge is -2.09. The van der Waals surface area contributed by atoms with E-state index in [-0.39, 0.29) is 11.8 Å². The Bertz CT molecular complexity index is 410. The fourth-order valence-corrected chi connectivity index (χ4v) is 1.32. The molecule has 5 heteroatoms. The van der Waals surface area contributed by atoms with Crippen LogP contribution in [0.2, 0.25) is 0 Å². The Morgan fingerprint density at radius 3 is 2.50 bits per heavy atom. The van der Waals surface area contributed by atoms with Crippen LogP contribution < -0.4 is 0 Å². The molecule has 0 aliphatic rings. The van der Waals surface area contributed by atoms with Crippen molar-refractivity contribution in [3.63, 3.8) is 0 Å². The van der Waals surface area contributed by atoms with Crippen molar-refractivity contribution in [2.45, 2.75) is 6.18 Å². The van der Waals surface area contributed by atoms with Gasteiger partial charge in [0.15, 0.2) is 6.29 Å². The minimum absolute atomic E-state index is 0.203. The van der Waals surface area contributed by atoms with Crippen LogP contribution >= 0.6 is 12.6 Å². The zero-order valence-electron chi connectivity index (χ0n) is 8.16. The molecule has 0 atom stereocenters. The Labute approximate surface area is 96.4 Å². The van der Waals surface area contributed by atoms with E-state index in [1.54, 1.807) is 6.08 Å². The SMILES string of the molecule is O=Cc1ccc(C=CCS)cc1C(F)(F)F. The molecule has 0 aliphatic carbocycles. The van der Waals surface area contributed by atoms with Crippen molar-refractivity contribution in [3.8, 4) is 0 Å². The van der Waals surface area contributed by atoms with Gasteiger partial charge < -0.3 is 0 Å². The van der Waals surface area contributed by atoms with E-state index in [1.807, 2.05) is 0 Å². The van der Waals surface area contributed by atoms with E-state index in [0.717, 1.165) is 12.1 Å². The van der Waals surface area contributed by atoms with Gasteiger partial charge in [0.05, 0.1) is 5.56 Å². The van der Waals surface area contributed by atoms with Crippen LogP contribution in [0, 0.1) is 0 Å². The van der Waals surface area contributed by atoms with Crippen LogP contribution in [-0.2, 0) is 6.18 Å². The normalized spacial score (nSPS) is 12.0. The molecule has 1 rings (SSSR count). The third kappa shape index (κ3) is 3.13. The number of alkyl halides is 3. The van der Waals surface area contributed by atoms with E-state index in [0.29, 0.717) is 11.3 Å². The van der Waals surface area contributed by atoms with Crippen molar-refractivity contribution in [2.24, 2.45) is 0 Å². The van der Waals surface area contributed by atoms with Crippen molar-refractivity contribution < 1.29 is 18.0 Å². The number of rotatable bonds is 3. The number of halogens is 3. The van der Waals surface area contributed by atoms with E-state index in [1.165, 1.54) is 12.1 Å². The highest BCUT2D eigenvalue weighted by Crippen LogP contribution is 2.32. The van der Waals surface area contributed by atoms with Gasteiger partial charge in [-0.05, 0) is 11.6 Å². The smallest absolute Gasteiger partial charge is 0.298 e.